The van der Waals surface area contributed by atoms with Crippen LogP contribution < -0.4 is 4.74 Å². The van der Waals surface area contributed by atoms with Crippen LogP contribution in [-0.4, -0.2) is 23.5 Å². The average molecular weight is 227 g/mol. The molecule has 0 saturated heterocycles. The zero-order valence-electron chi connectivity index (χ0n) is 8.73. The summed E-state index contributed by atoms with van der Waals surface area (Å²) in [6.45, 7) is 2.33. The van der Waals surface area contributed by atoms with Gasteiger partial charge in [0.25, 0.3) is 5.69 Å². The van der Waals surface area contributed by atoms with Gasteiger partial charge in [-0.2, -0.15) is 11.8 Å². The zero-order valence-corrected chi connectivity index (χ0v) is 9.54. The smallest absolute Gasteiger partial charge is 0.272 e. The molecule has 0 bridgehead atoms. The third kappa shape index (κ3) is 3.43. The van der Waals surface area contributed by atoms with Crippen LogP contribution in [0.3, 0.4) is 0 Å². The van der Waals surface area contributed by atoms with Gasteiger partial charge in [-0.15, -0.1) is 0 Å². The summed E-state index contributed by atoms with van der Waals surface area (Å²) < 4.78 is 5.42. The lowest BCUT2D eigenvalue weighted by Gasteiger charge is -2.05. The van der Waals surface area contributed by atoms with E-state index in [0.717, 1.165) is 5.75 Å². The van der Waals surface area contributed by atoms with Crippen molar-refractivity contribution in [3.05, 3.63) is 33.9 Å². The van der Waals surface area contributed by atoms with E-state index in [9.17, 15) is 10.1 Å². The number of nitrogens with zero attached hydrogens (tertiary/aromatic N) is 1. The Morgan fingerprint density at radius 3 is 2.80 bits per heavy atom. The molecular weight excluding hydrogens is 214 g/mol. The van der Waals surface area contributed by atoms with E-state index in [2.05, 4.69) is 0 Å². The minimum Gasteiger partial charge on any atom is -0.493 e. The number of rotatable bonds is 5. The molecule has 4 nitrogen and oxygen atoms in total. The maximum absolute atomic E-state index is 10.6. The van der Waals surface area contributed by atoms with Crippen LogP contribution in [0.5, 0.6) is 5.75 Å². The summed E-state index contributed by atoms with van der Waals surface area (Å²) in [5.41, 5.74) is 0.758. The Labute approximate surface area is 92.8 Å². The Bertz CT molecular complexity index is 355. The summed E-state index contributed by atoms with van der Waals surface area (Å²) in [6.07, 6.45) is 2.00. The molecule has 0 atom stereocenters. The number of nitro groups is 1. The van der Waals surface area contributed by atoms with Crippen molar-refractivity contribution in [3.8, 4) is 5.75 Å². The fourth-order valence-corrected chi connectivity index (χ4v) is 1.42. The van der Waals surface area contributed by atoms with E-state index in [-0.39, 0.29) is 10.6 Å². The molecule has 0 aliphatic heterocycles. The first-order valence-corrected chi connectivity index (χ1v) is 5.91. The third-order valence-electron chi connectivity index (χ3n) is 1.92. The lowest BCUT2D eigenvalue weighted by Crippen LogP contribution is -2.00. The van der Waals surface area contributed by atoms with Crippen LogP contribution in [0.1, 0.15) is 5.56 Å². The Morgan fingerprint density at radius 1 is 1.53 bits per heavy atom. The van der Waals surface area contributed by atoms with E-state index >= 15 is 0 Å². The molecule has 0 saturated carbocycles. The van der Waals surface area contributed by atoms with Gasteiger partial charge in [-0.05, 0) is 25.3 Å². The number of benzene rings is 1. The van der Waals surface area contributed by atoms with Crippen molar-refractivity contribution in [3.63, 3.8) is 0 Å². The molecule has 0 N–H and O–H groups in total. The molecule has 0 heterocycles. The van der Waals surface area contributed by atoms with Gasteiger partial charge in [0.15, 0.2) is 0 Å². The molecule has 82 valence electrons. The highest BCUT2D eigenvalue weighted by molar-refractivity contribution is 7.98. The molecule has 1 aromatic carbocycles. The van der Waals surface area contributed by atoms with Crippen molar-refractivity contribution in [2.24, 2.45) is 0 Å². The van der Waals surface area contributed by atoms with E-state index in [4.69, 9.17) is 4.74 Å². The fraction of sp³-hybridized carbons (Fsp3) is 0.400. The molecule has 15 heavy (non-hydrogen) atoms. The van der Waals surface area contributed by atoms with Crippen molar-refractivity contribution in [1.29, 1.82) is 0 Å². The molecule has 0 unspecified atom stereocenters. The van der Waals surface area contributed by atoms with E-state index in [0.29, 0.717) is 17.9 Å². The summed E-state index contributed by atoms with van der Waals surface area (Å²) in [4.78, 5) is 10.2. The first-order valence-electron chi connectivity index (χ1n) is 4.52. The van der Waals surface area contributed by atoms with E-state index in [1.165, 1.54) is 6.07 Å². The number of aryl methyl sites for hydroxylation is 1. The maximum Gasteiger partial charge on any atom is 0.272 e. The Balaban J connectivity index is 2.69. The second-order valence-electron chi connectivity index (χ2n) is 3.05. The summed E-state index contributed by atoms with van der Waals surface area (Å²) in [6, 6.07) is 4.80. The van der Waals surface area contributed by atoms with Crippen LogP contribution in [0.25, 0.3) is 0 Å². The normalized spacial score (nSPS) is 10.0. The molecule has 0 aliphatic rings. The van der Waals surface area contributed by atoms with Gasteiger partial charge in [-0.1, -0.05) is 0 Å². The number of nitro benzene ring substituents is 1. The predicted molar refractivity (Wildman–Crippen MR) is 61.7 cm³/mol. The van der Waals surface area contributed by atoms with E-state index in [1.807, 2.05) is 6.26 Å². The van der Waals surface area contributed by atoms with Crippen LogP contribution in [0.4, 0.5) is 5.69 Å². The number of hydrogen-bond acceptors (Lipinski definition) is 4. The number of thioether (sulfide) groups is 1. The molecule has 0 fully saturated rings. The summed E-state index contributed by atoms with van der Waals surface area (Å²) >= 11 is 1.70. The second-order valence-corrected chi connectivity index (χ2v) is 4.03. The Morgan fingerprint density at radius 2 is 2.27 bits per heavy atom. The topological polar surface area (TPSA) is 52.4 Å². The summed E-state index contributed by atoms with van der Waals surface area (Å²) in [5.74, 6) is 1.60. The van der Waals surface area contributed by atoms with E-state index in [1.54, 1.807) is 30.8 Å². The predicted octanol–water partition coefficient (Wildman–Crippen LogP) is 2.65. The molecule has 0 radical (unpaired) electrons. The van der Waals surface area contributed by atoms with Crippen LogP contribution in [0.2, 0.25) is 0 Å². The fourth-order valence-electron chi connectivity index (χ4n) is 1.17. The van der Waals surface area contributed by atoms with Crippen molar-refractivity contribution in [1.82, 2.24) is 0 Å². The number of hydrogen-bond donors (Lipinski definition) is 0. The van der Waals surface area contributed by atoms with Crippen LogP contribution in [0, 0.1) is 17.0 Å². The van der Waals surface area contributed by atoms with Crippen LogP contribution in [0.15, 0.2) is 18.2 Å². The van der Waals surface area contributed by atoms with Gasteiger partial charge in [0.05, 0.1) is 11.5 Å². The van der Waals surface area contributed by atoms with Crippen LogP contribution in [-0.2, 0) is 0 Å². The molecule has 5 heteroatoms. The largest absolute Gasteiger partial charge is 0.493 e. The Hall–Kier alpha value is -1.23. The molecular formula is C10H13NO3S. The molecule has 1 aromatic rings. The van der Waals surface area contributed by atoms with Gasteiger partial charge in [0.2, 0.25) is 0 Å². The molecule has 0 aromatic heterocycles. The lowest BCUT2D eigenvalue weighted by atomic mass is 10.2. The molecule has 1 rings (SSSR count). The lowest BCUT2D eigenvalue weighted by molar-refractivity contribution is -0.385. The highest BCUT2D eigenvalue weighted by Crippen LogP contribution is 2.22. The van der Waals surface area contributed by atoms with Gasteiger partial charge < -0.3 is 4.74 Å². The summed E-state index contributed by atoms with van der Waals surface area (Å²) in [7, 11) is 0. The highest BCUT2D eigenvalue weighted by atomic mass is 32.2. The Kier molecular flexibility index (Phi) is 4.42. The standard InChI is InChI=1S/C10H13NO3S/c1-8-7-9(14-5-6-15-2)3-4-10(8)11(12)13/h3-4,7H,5-6H2,1-2H3. The van der Waals surface area contributed by atoms with Crippen molar-refractivity contribution >= 4 is 17.4 Å². The second kappa shape index (κ2) is 5.60. The molecule has 0 amide bonds. The van der Waals surface area contributed by atoms with Crippen molar-refractivity contribution in [2.75, 3.05) is 18.6 Å². The molecule has 0 spiro atoms. The van der Waals surface area contributed by atoms with E-state index < -0.39 is 0 Å². The summed E-state index contributed by atoms with van der Waals surface area (Å²) in [5, 5.41) is 10.6. The minimum absolute atomic E-state index is 0.132. The molecule has 0 aliphatic carbocycles. The van der Waals surface area contributed by atoms with Crippen molar-refractivity contribution in [2.45, 2.75) is 6.92 Å². The maximum atomic E-state index is 10.6. The van der Waals surface area contributed by atoms with Gasteiger partial charge in [0, 0.05) is 17.4 Å². The monoisotopic (exact) mass is 227 g/mol. The average Bonchev–Trinajstić information content (AvgIpc) is 2.17. The van der Waals surface area contributed by atoms with Gasteiger partial charge in [-0.25, -0.2) is 0 Å². The van der Waals surface area contributed by atoms with Gasteiger partial charge in [0.1, 0.15) is 5.75 Å². The van der Waals surface area contributed by atoms with Crippen LogP contribution >= 0.6 is 11.8 Å². The zero-order chi connectivity index (χ0) is 11.3. The number of ether oxygens (including phenoxy) is 1. The quantitative estimate of drug-likeness (QED) is 0.441. The first kappa shape index (κ1) is 11.8. The first-order chi connectivity index (χ1) is 7.15. The van der Waals surface area contributed by atoms with Crippen molar-refractivity contribution < 1.29 is 9.66 Å². The van der Waals surface area contributed by atoms with Gasteiger partial charge in [-0.3, -0.25) is 10.1 Å². The SMILES string of the molecule is CSCCOc1ccc([N+](=O)[O-])c(C)c1. The third-order valence-corrected chi connectivity index (χ3v) is 2.50. The minimum atomic E-state index is -0.388. The highest BCUT2D eigenvalue weighted by Gasteiger charge is 2.10. The van der Waals surface area contributed by atoms with Gasteiger partial charge >= 0.3 is 0 Å².